The number of hydrogen-bond acceptors (Lipinski definition) is 11. The van der Waals surface area contributed by atoms with Crippen LogP contribution >= 0.6 is 7.82 Å². The first kappa shape index (κ1) is 35.3. The third kappa shape index (κ3) is 9.90. The lowest BCUT2D eigenvalue weighted by molar-refractivity contribution is -0.144. The van der Waals surface area contributed by atoms with Gasteiger partial charge >= 0.3 is 13.8 Å². The topological polar surface area (TPSA) is 140 Å². The molecule has 0 unspecified atom stereocenters. The highest BCUT2D eigenvalue weighted by Gasteiger charge is 2.37. The lowest BCUT2D eigenvalue weighted by Gasteiger charge is -2.31. The average molecular weight is 635 g/mol. The Morgan fingerprint density at radius 1 is 0.932 bits per heavy atom. The third-order valence-electron chi connectivity index (χ3n) is 6.07. The molecule has 3 aromatic rings. The van der Waals surface area contributed by atoms with Crippen LogP contribution in [-0.4, -0.2) is 42.8 Å². The van der Waals surface area contributed by atoms with Gasteiger partial charge in [-0.05, 0) is 85.9 Å². The van der Waals surface area contributed by atoms with Gasteiger partial charge in [0, 0.05) is 19.2 Å². The number of carbonyl (C=O) groups is 1. The molecule has 0 aliphatic rings. The van der Waals surface area contributed by atoms with Crippen molar-refractivity contribution in [1.29, 1.82) is 0 Å². The minimum absolute atomic E-state index is 0.0137. The molecule has 1 N–H and O–H groups in total. The molecule has 1 heterocycles. The summed E-state index contributed by atoms with van der Waals surface area (Å²) >= 11 is 0. The van der Waals surface area contributed by atoms with Crippen molar-refractivity contribution in [3.63, 3.8) is 0 Å². The lowest BCUT2D eigenvalue weighted by atomic mass is 9.88. The van der Waals surface area contributed by atoms with Crippen LogP contribution in [0.2, 0.25) is 0 Å². The summed E-state index contributed by atoms with van der Waals surface area (Å²) in [5, 5.41) is 10.5. The van der Waals surface area contributed by atoms with Crippen LogP contribution in [0.5, 0.6) is 17.2 Å². The molecule has 0 saturated heterocycles. The van der Waals surface area contributed by atoms with Crippen LogP contribution in [0.4, 0.5) is 0 Å². The molecule has 0 aliphatic heterocycles. The van der Waals surface area contributed by atoms with Crippen LogP contribution in [0, 0.1) is 5.41 Å². The van der Waals surface area contributed by atoms with Crippen LogP contribution in [0.25, 0.3) is 22.1 Å². The first-order valence-corrected chi connectivity index (χ1v) is 15.7. The van der Waals surface area contributed by atoms with E-state index in [1.54, 1.807) is 79.7 Å². The summed E-state index contributed by atoms with van der Waals surface area (Å²) in [4.78, 5) is 26.2. The maximum absolute atomic E-state index is 13.2. The van der Waals surface area contributed by atoms with Crippen LogP contribution in [0.1, 0.15) is 68.2 Å². The Morgan fingerprint density at radius 2 is 1.55 bits per heavy atom. The molecule has 0 saturated carbocycles. The summed E-state index contributed by atoms with van der Waals surface area (Å²) in [7, 11) is -2.38. The van der Waals surface area contributed by atoms with Gasteiger partial charge < -0.3 is 23.7 Å². The first-order chi connectivity index (χ1) is 20.3. The fraction of sp³-hybridized carbons (Fsp3) is 0.500. The molecular formula is C32H43O11P. The molecule has 0 spiro atoms. The van der Waals surface area contributed by atoms with E-state index in [0.717, 1.165) is 0 Å². The maximum Gasteiger partial charge on any atom is 0.475 e. The molecule has 1 aromatic heterocycles. The molecular weight excluding hydrogens is 591 g/mol. The van der Waals surface area contributed by atoms with E-state index in [0.29, 0.717) is 24.2 Å². The molecule has 0 fully saturated rings. The number of benzene rings is 2. The number of rotatable bonds is 13. The van der Waals surface area contributed by atoms with Crippen molar-refractivity contribution in [1.82, 2.24) is 0 Å². The zero-order valence-corrected chi connectivity index (χ0v) is 27.7. The molecule has 11 nitrogen and oxygen atoms in total. The predicted octanol–water partition coefficient (Wildman–Crippen LogP) is 7.62. The van der Waals surface area contributed by atoms with Gasteiger partial charge in [-0.25, -0.2) is 4.57 Å². The minimum atomic E-state index is -3.85. The van der Waals surface area contributed by atoms with Gasteiger partial charge in [0.2, 0.25) is 5.43 Å². The largest absolute Gasteiger partial charge is 0.507 e. The molecule has 0 aliphatic carbocycles. The Balaban J connectivity index is 1.64. The number of carbonyl (C=O) groups excluding carboxylic acids is 1. The minimum Gasteiger partial charge on any atom is -0.507 e. The summed E-state index contributed by atoms with van der Waals surface area (Å²) in [5.41, 5.74) is -1.92. The number of phenols is 1. The van der Waals surface area contributed by atoms with Crippen molar-refractivity contribution in [2.45, 2.75) is 79.4 Å². The molecule has 12 heteroatoms. The van der Waals surface area contributed by atoms with Crippen molar-refractivity contribution in [3.8, 4) is 28.4 Å². The van der Waals surface area contributed by atoms with E-state index in [2.05, 4.69) is 0 Å². The molecule has 0 bridgehead atoms. The van der Waals surface area contributed by atoms with E-state index in [4.69, 9.17) is 32.2 Å². The summed E-state index contributed by atoms with van der Waals surface area (Å²) in [6.45, 7) is 14.1. The summed E-state index contributed by atoms with van der Waals surface area (Å²) in [6.07, 6.45) is 2.08. The van der Waals surface area contributed by atoms with Crippen molar-refractivity contribution >= 4 is 24.8 Å². The molecule has 2 aromatic carbocycles. The van der Waals surface area contributed by atoms with Gasteiger partial charge in [-0.3, -0.25) is 23.2 Å². The Kier molecular flexibility index (Phi) is 11.1. The first-order valence-electron chi connectivity index (χ1n) is 14.2. The Labute approximate surface area is 258 Å². The van der Waals surface area contributed by atoms with E-state index in [-0.39, 0.29) is 41.4 Å². The van der Waals surface area contributed by atoms with E-state index in [9.17, 15) is 19.3 Å². The Hall–Kier alpha value is -3.21. The van der Waals surface area contributed by atoms with Crippen LogP contribution < -0.4 is 14.9 Å². The van der Waals surface area contributed by atoms with Crippen LogP contribution in [0.3, 0.4) is 0 Å². The second-order valence-corrected chi connectivity index (χ2v) is 14.5. The lowest BCUT2D eigenvalue weighted by Crippen LogP contribution is -2.29. The molecule has 3 rings (SSSR count). The number of phosphoric ester groups is 1. The van der Waals surface area contributed by atoms with Gasteiger partial charge in [-0.15, -0.1) is 0 Å². The fourth-order valence-electron chi connectivity index (χ4n) is 4.10. The molecule has 44 heavy (non-hydrogen) atoms. The van der Waals surface area contributed by atoms with Crippen LogP contribution in [-0.2, 0) is 27.7 Å². The van der Waals surface area contributed by atoms with Gasteiger partial charge in [-0.2, -0.15) is 0 Å². The normalized spacial score (nSPS) is 12.8. The number of methoxy groups -OCH3 is 1. The highest BCUT2D eigenvalue weighted by Crippen LogP contribution is 2.55. The summed E-state index contributed by atoms with van der Waals surface area (Å²) in [5.74, 6) is -0.170. The third-order valence-corrected chi connectivity index (χ3v) is 8.11. The number of esters is 1. The summed E-state index contributed by atoms with van der Waals surface area (Å²) < 4.78 is 51.5. The van der Waals surface area contributed by atoms with E-state index < -0.39 is 35.8 Å². The highest BCUT2D eigenvalue weighted by molar-refractivity contribution is 7.48. The molecule has 0 atom stereocenters. The second-order valence-electron chi connectivity index (χ2n) is 12.9. The SMILES string of the molecule is COCOc1cc(O)c2c(=O)c(-c3ccc(OC(=O)C(C)(C)CCCOP(=O)(OC(C)(C)C)OC(C)(C)C)cc3)coc2c1. The highest BCUT2D eigenvalue weighted by atomic mass is 31.2. The smallest absolute Gasteiger partial charge is 0.475 e. The standard InChI is InChI=1S/C32H43O11P/c1-30(2,3)42-44(36,43-31(4,5)6)40-16-10-15-32(7,8)29(35)41-22-13-11-21(12-14-22)24-19-38-26-18-23(39-20-37-9)17-25(33)27(26)28(24)34/h11-14,17-19,33H,10,15-16,20H2,1-9H3. The van der Waals surface area contributed by atoms with Crippen molar-refractivity contribution in [2.75, 3.05) is 20.5 Å². The van der Waals surface area contributed by atoms with Crippen molar-refractivity contribution in [3.05, 3.63) is 52.9 Å². The quantitative estimate of drug-likeness (QED) is 0.0653. The number of phenolic OH excluding ortho intramolecular Hbond substituents is 1. The van der Waals surface area contributed by atoms with Gasteiger partial charge in [0.05, 0.1) is 28.8 Å². The zero-order chi connectivity index (χ0) is 32.9. The van der Waals surface area contributed by atoms with Crippen molar-refractivity contribution < 1.29 is 46.7 Å². The summed E-state index contributed by atoms with van der Waals surface area (Å²) in [6, 6.07) is 9.19. The van der Waals surface area contributed by atoms with Gasteiger partial charge in [0.25, 0.3) is 0 Å². The fourth-order valence-corrected chi connectivity index (χ4v) is 5.94. The zero-order valence-electron chi connectivity index (χ0n) is 26.8. The average Bonchev–Trinajstić information content (AvgIpc) is 2.88. The van der Waals surface area contributed by atoms with Crippen LogP contribution in [0.15, 0.2) is 51.9 Å². The number of fused-ring (bicyclic) bond motifs is 1. The van der Waals surface area contributed by atoms with Gasteiger partial charge in [-0.1, -0.05) is 12.1 Å². The van der Waals surface area contributed by atoms with Gasteiger partial charge in [0.1, 0.15) is 34.5 Å². The number of ether oxygens (including phenoxy) is 3. The molecule has 0 radical (unpaired) electrons. The second kappa shape index (κ2) is 13.8. The van der Waals surface area contributed by atoms with Gasteiger partial charge in [0.15, 0.2) is 6.79 Å². The number of phosphoric acid groups is 1. The molecule has 0 amide bonds. The van der Waals surface area contributed by atoms with Crippen molar-refractivity contribution in [2.24, 2.45) is 5.41 Å². The Bertz CT molecular complexity index is 1520. The van der Waals surface area contributed by atoms with E-state index in [1.807, 2.05) is 0 Å². The van der Waals surface area contributed by atoms with E-state index >= 15 is 0 Å². The number of hydrogen-bond donors (Lipinski definition) is 1. The number of aromatic hydroxyl groups is 1. The molecule has 242 valence electrons. The monoisotopic (exact) mass is 634 g/mol. The maximum atomic E-state index is 13.2. The Morgan fingerprint density at radius 3 is 2.11 bits per heavy atom. The van der Waals surface area contributed by atoms with E-state index in [1.165, 1.54) is 25.5 Å². The predicted molar refractivity (Wildman–Crippen MR) is 166 cm³/mol.